The summed E-state index contributed by atoms with van der Waals surface area (Å²) in [5.41, 5.74) is 0. The molecule has 2 N–H and O–H groups in total. The molecule has 88 valence electrons. The van der Waals surface area contributed by atoms with Crippen molar-refractivity contribution in [1.82, 2.24) is 14.8 Å². The molecule has 1 heterocycles. The molecule has 5 heteroatoms. The van der Waals surface area contributed by atoms with E-state index < -0.39 is 0 Å². The third-order valence-corrected chi connectivity index (χ3v) is 2.55. The number of hydrogen-bond donors (Lipinski definition) is 1. The molecule has 1 aliphatic heterocycles. The Hall–Kier alpha value is -0.810. The van der Waals surface area contributed by atoms with Gasteiger partial charge in [-0.25, -0.2) is 5.84 Å². The molecule has 1 saturated heterocycles. The first-order valence-corrected chi connectivity index (χ1v) is 5.61. The quantitative estimate of drug-likeness (QED) is 0.508. The lowest BCUT2D eigenvalue weighted by molar-refractivity contribution is 0.401. The zero-order valence-electron chi connectivity index (χ0n) is 10.1. The summed E-state index contributed by atoms with van der Waals surface area (Å²) in [6, 6.07) is 0. The molecule has 0 atom stereocenters. The van der Waals surface area contributed by atoms with Gasteiger partial charge in [0.05, 0.1) is 6.54 Å². The van der Waals surface area contributed by atoms with Crippen LogP contribution in [0.3, 0.4) is 0 Å². The normalized spacial score (nSPS) is 19.7. The van der Waals surface area contributed by atoms with Crippen molar-refractivity contribution in [1.29, 1.82) is 0 Å². The number of rotatable bonds is 5. The van der Waals surface area contributed by atoms with Gasteiger partial charge in [0.2, 0.25) is 5.96 Å². The monoisotopic (exact) mass is 213 g/mol. The van der Waals surface area contributed by atoms with Crippen LogP contribution in [0.15, 0.2) is 4.99 Å². The molecule has 1 rings (SSSR count). The molecular weight excluding hydrogens is 190 g/mol. The van der Waals surface area contributed by atoms with Crippen molar-refractivity contribution in [2.45, 2.75) is 13.3 Å². The van der Waals surface area contributed by atoms with E-state index in [2.05, 4.69) is 35.8 Å². The Morgan fingerprint density at radius 2 is 2.13 bits per heavy atom. The predicted octanol–water partition coefficient (Wildman–Crippen LogP) is -0.195. The Morgan fingerprint density at radius 1 is 1.40 bits per heavy atom. The van der Waals surface area contributed by atoms with Crippen LogP contribution in [0, 0.1) is 0 Å². The summed E-state index contributed by atoms with van der Waals surface area (Å²) < 4.78 is 0. The highest BCUT2D eigenvalue weighted by atomic mass is 15.6. The van der Waals surface area contributed by atoms with Crippen molar-refractivity contribution in [2.75, 3.05) is 46.8 Å². The largest absolute Gasteiger partial charge is 0.340 e. The minimum absolute atomic E-state index is 0.859. The number of nitrogens with two attached hydrogens (primary N) is 1. The third-order valence-electron chi connectivity index (χ3n) is 2.55. The van der Waals surface area contributed by atoms with Gasteiger partial charge in [-0.3, -0.25) is 10.0 Å². The van der Waals surface area contributed by atoms with Gasteiger partial charge in [-0.05, 0) is 34.0 Å². The highest BCUT2D eigenvalue weighted by Crippen LogP contribution is 2.04. The summed E-state index contributed by atoms with van der Waals surface area (Å²) in [6.07, 6.45) is 1.09. The summed E-state index contributed by atoms with van der Waals surface area (Å²) in [5.74, 6) is 6.79. The van der Waals surface area contributed by atoms with E-state index in [-0.39, 0.29) is 0 Å². The van der Waals surface area contributed by atoms with Crippen molar-refractivity contribution in [3.05, 3.63) is 0 Å². The minimum Gasteiger partial charge on any atom is -0.340 e. The second-order valence-electron chi connectivity index (χ2n) is 4.11. The summed E-state index contributed by atoms with van der Waals surface area (Å²) in [7, 11) is 4.16. The van der Waals surface area contributed by atoms with Gasteiger partial charge in [0.1, 0.15) is 0 Å². The number of guanidine groups is 1. The molecule has 0 aliphatic carbocycles. The number of hydrazine groups is 1. The van der Waals surface area contributed by atoms with Crippen LogP contribution in [0.4, 0.5) is 0 Å². The number of nitrogens with zero attached hydrogens (tertiary/aromatic N) is 4. The Bertz CT molecular complexity index is 214. The first-order chi connectivity index (χ1) is 7.15. The summed E-state index contributed by atoms with van der Waals surface area (Å²) >= 11 is 0. The predicted molar refractivity (Wildman–Crippen MR) is 63.6 cm³/mol. The van der Waals surface area contributed by atoms with Crippen LogP contribution in [0.2, 0.25) is 0 Å². The fourth-order valence-corrected chi connectivity index (χ4v) is 1.67. The van der Waals surface area contributed by atoms with Crippen molar-refractivity contribution in [3.63, 3.8) is 0 Å². The van der Waals surface area contributed by atoms with E-state index in [1.165, 1.54) is 0 Å². The average Bonchev–Trinajstić information content (AvgIpc) is 2.54. The van der Waals surface area contributed by atoms with Crippen molar-refractivity contribution in [3.8, 4) is 0 Å². The molecule has 0 unspecified atom stereocenters. The molecule has 0 radical (unpaired) electrons. The second-order valence-corrected chi connectivity index (χ2v) is 4.11. The molecule has 5 nitrogen and oxygen atoms in total. The molecule has 0 aromatic heterocycles. The maximum Gasteiger partial charge on any atom is 0.211 e. The van der Waals surface area contributed by atoms with E-state index in [1.807, 2.05) is 0 Å². The molecule has 0 spiro atoms. The summed E-state index contributed by atoms with van der Waals surface area (Å²) in [5, 5.41) is 1.75. The van der Waals surface area contributed by atoms with Crippen molar-refractivity contribution >= 4 is 5.96 Å². The first kappa shape index (κ1) is 12.3. The lowest BCUT2D eigenvalue weighted by Gasteiger charge is -2.18. The molecular formula is C10H23N5. The Kier molecular flexibility index (Phi) is 4.84. The van der Waals surface area contributed by atoms with E-state index in [4.69, 9.17) is 5.84 Å². The van der Waals surface area contributed by atoms with Crippen molar-refractivity contribution in [2.24, 2.45) is 10.8 Å². The van der Waals surface area contributed by atoms with E-state index in [1.54, 1.807) is 5.01 Å². The smallest absolute Gasteiger partial charge is 0.211 e. The van der Waals surface area contributed by atoms with Gasteiger partial charge in [0, 0.05) is 19.6 Å². The lowest BCUT2D eigenvalue weighted by Crippen LogP contribution is -2.38. The fraction of sp³-hybridized carbons (Fsp3) is 0.900. The maximum absolute atomic E-state index is 5.84. The van der Waals surface area contributed by atoms with Crippen LogP contribution in [0.1, 0.15) is 13.3 Å². The van der Waals surface area contributed by atoms with E-state index >= 15 is 0 Å². The fourth-order valence-electron chi connectivity index (χ4n) is 1.67. The summed E-state index contributed by atoms with van der Waals surface area (Å²) in [6.45, 7) is 6.94. The van der Waals surface area contributed by atoms with Gasteiger partial charge in [0.15, 0.2) is 0 Å². The third kappa shape index (κ3) is 3.68. The number of aliphatic imine (C=N–C) groups is 1. The van der Waals surface area contributed by atoms with Crippen LogP contribution < -0.4 is 5.84 Å². The van der Waals surface area contributed by atoms with Gasteiger partial charge < -0.3 is 9.80 Å². The highest BCUT2D eigenvalue weighted by Gasteiger charge is 2.21. The highest BCUT2D eigenvalue weighted by molar-refractivity contribution is 5.81. The van der Waals surface area contributed by atoms with Crippen LogP contribution in [0.5, 0.6) is 0 Å². The molecule has 0 amide bonds. The van der Waals surface area contributed by atoms with Crippen LogP contribution in [-0.2, 0) is 0 Å². The second kappa shape index (κ2) is 5.92. The zero-order chi connectivity index (χ0) is 11.3. The summed E-state index contributed by atoms with van der Waals surface area (Å²) in [4.78, 5) is 8.94. The molecule has 1 aliphatic rings. The molecule has 15 heavy (non-hydrogen) atoms. The van der Waals surface area contributed by atoms with Crippen LogP contribution >= 0.6 is 0 Å². The topological polar surface area (TPSA) is 48.1 Å². The molecule has 0 aromatic rings. The molecule has 0 saturated carbocycles. The molecule has 1 fully saturated rings. The van der Waals surface area contributed by atoms with Gasteiger partial charge >= 0.3 is 0 Å². The maximum atomic E-state index is 5.84. The van der Waals surface area contributed by atoms with Crippen LogP contribution in [-0.4, -0.2) is 67.6 Å². The minimum atomic E-state index is 0.859. The van der Waals surface area contributed by atoms with Gasteiger partial charge in [-0.15, -0.1) is 0 Å². The SMILES string of the molecule is CCN1CCN(N)C1=NCCCN(C)C. The molecule has 0 bridgehead atoms. The lowest BCUT2D eigenvalue weighted by atomic mass is 10.4. The average molecular weight is 213 g/mol. The molecule has 0 aromatic carbocycles. The van der Waals surface area contributed by atoms with E-state index in [0.717, 1.165) is 45.1 Å². The van der Waals surface area contributed by atoms with Crippen molar-refractivity contribution < 1.29 is 0 Å². The standard InChI is InChI=1S/C10H23N5/c1-4-14-8-9-15(11)10(14)12-6-5-7-13(2)3/h4-9,11H2,1-3H3. The Morgan fingerprint density at radius 3 is 2.73 bits per heavy atom. The first-order valence-electron chi connectivity index (χ1n) is 5.61. The Labute approximate surface area is 92.5 Å². The number of hydrogen-bond acceptors (Lipinski definition) is 3. The van der Waals surface area contributed by atoms with Crippen LogP contribution in [0.25, 0.3) is 0 Å². The van der Waals surface area contributed by atoms with Gasteiger partial charge in [0.25, 0.3) is 0 Å². The Balaban J connectivity index is 2.35. The van der Waals surface area contributed by atoms with Gasteiger partial charge in [-0.1, -0.05) is 0 Å². The van der Waals surface area contributed by atoms with E-state index in [9.17, 15) is 0 Å². The van der Waals surface area contributed by atoms with E-state index in [0.29, 0.717) is 0 Å². The zero-order valence-corrected chi connectivity index (χ0v) is 10.1. The number of likely N-dealkylation sites (N-methyl/N-ethyl adjacent to an activating group) is 1. The van der Waals surface area contributed by atoms with Gasteiger partial charge in [-0.2, -0.15) is 0 Å².